The molecule has 0 bridgehead atoms. The molecule has 0 amide bonds. The molecule has 0 spiro atoms. The van der Waals surface area contributed by atoms with Gasteiger partial charge in [-0.3, -0.25) is 4.79 Å². The van der Waals surface area contributed by atoms with E-state index in [-0.39, 0.29) is 33.9 Å². The molecule has 7 nitrogen and oxygen atoms in total. The minimum atomic E-state index is -3.64. The molecule has 1 fully saturated rings. The molecule has 0 N–H and O–H groups in total. The Kier molecular flexibility index (Phi) is 4.36. The van der Waals surface area contributed by atoms with Crippen LogP contribution in [0.15, 0.2) is 40.2 Å². The van der Waals surface area contributed by atoms with Crippen LogP contribution in [0.2, 0.25) is 10.0 Å². The van der Waals surface area contributed by atoms with E-state index in [1.54, 1.807) is 0 Å². The maximum absolute atomic E-state index is 12.4. The molecule has 0 unspecified atom stereocenters. The zero-order chi connectivity index (χ0) is 17.5. The first-order valence-corrected chi connectivity index (χ1v) is 8.97. The largest absolute Gasteiger partial charge is 0.291 e. The number of halogens is 2. The van der Waals surface area contributed by atoms with Crippen molar-refractivity contribution in [1.82, 2.24) is 14.1 Å². The lowest BCUT2D eigenvalue weighted by atomic mass is 10.1. The number of benzene rings is 1. The maximum atomic E-state index is 12.4. The van der Waals surface area contributed by atoms with Crippen molar-refractivity contribution in [2.75, 3.05) is 13.1 Å². The highest BCUT2D eigenvalue weighted by atomic mass is 35.5. The SMILES string of the molecule is N#CC1CN(S(=O)(=O)c2ccc(-n3ncc(Cl)c(Cl)c3=O)cc2)C1. The molecule has 1 saturated heterocycles. The second-order valence-electron chi connectivity index (χ2n) is 5.17. The summed E-state index contributed by atoms with van der Waals surface area (Å²) in [6.07, 6.45) is 1.23. The van der Waals surface area contributed by atoms with Crippen molar-refractivity contribution in [3.63, 3.8) is 0 Å². The van der Waals surface area contributed by atoms with Crippen molar-refractivity contribution in [2.24, 2.45) is 5.92 Å². The highest BCUT2D eigenvalue weighted by molar-refractivity contribution is 7.89. The average molecular weight is 385 g/mol. The fourth-order valence-electron chi connectivity index (χ4n) is 2.22. The molecule has 1 aliphatic rings. The molecule has 0 saturated carbocycles. The van der Waals surface area contributed by atoms with Crippen LogP contribution in [-0.2, 0) is 10.0 Å². The van der Waals surface area contributed by atoms with Gasteiger partial charge in [-0.15, -0.1) is 0 Å². The molecule has 124 valence electrons. The van der Waals surface area contributed by atoms with Crippen molar-refractivity contribution >= 4 is 33.2 Å². The predicted octanol–water partition coefficient (Wildman–Crippen LogP) is 1.68. The van der Waals surface area contributed by atoms with Gasteiger partial charge >= 0.3 is 0 Å². The molecule has 2 heterocycles. The smallest absolute Gasteiger partial charge is 0.266 e. The summed E-state index contributed by atoms with van der Waals surface area (Å²) in [5.41, 5.74) is -0.240. The Bertz CT molecular complexity index is 990. The van der Waals surface area contributed by atoms with Crippen LogP contribution in [0.4, 0.5) is 0 Å². The Balaban J connectivity index is 1.91. The molecule has 0 atom stereocenters. The third-order valence-corrected chi connectivity index (χ3v) is 6.22. The molecule has 24 heavy (non-hydrogen) atoms. The molecule has 2 aromatic rings. The molecule has 10 heteroatoms. The lowest BCUT2D eigenvalue weighted by molar-refractivity contribution is 0.248. The van der Waals surface area contributed by atoms with E-state index in [2.05, 4.69) is 5.10 Å². The first-order chi connectivity index (χ1) is 11.3. The zero-order valence-electron chi connectivity index (χ0n) is 12.1. The average Bonchev–Trinajstić information content (AvgIpc) is 2.52. The van der Waals surface area contributed by atoms with Gasteiger partial charge in [0, 0.05) is 13.1 Å². The third kappa shape index (κ3) is 2.80. The Morgan fingerprint density at radius 2 is 1.83 bits per heavy atom. The Hall–Kier alpha value is -1.92. The molecule has 1 aliphatic heterocycles. The van der Waals surface area contributed by atoms with Gasteiger partial charge in [-0.2, -0.15) is 19.3 Å². The number of aromatic nitrogens is 2. The van der Waals surface area contributed by atoms with Gasteiger partial charge in [0.05, 0.1) is 33.8 Å². The van der Waals surface area contributed by atoms with E-state index >= 15 is 0 Å². The van der Waals surface area contributed by atoms with Gasteiger partial charge < -0.3 is 0 Å². The first kappa shape index (κ1) is 16.9. The molecular weight excluding hydrogens is 375 g/mol. The van der Waals surface area contributed by atoms with Crippen LogP contribution in [0.25, 0.3) is 5.69 Å². The van der Waals surface area contributed by atoms with Crippen LogP contribution in [0.5, 0.6) is 0 Å². The summed E-state index contributed by atoms with van der Waals surface area (Å²) in [7, 11) is -3.64. The summed E-state index contributed by atoms with van der Waals surface area (Å²) in [6, 6.07) is 7.68. The normalized spacial score (nSPS) is 15.7. The molecule has 0 radical (unpaired) electrons. The summed E-state index contributed by atoms with van der Waals surface area (Å²) >= 11 is 11.5. The summed E-state index contributed by atoms with van der Waals surface area (Å²) in [5, 5.41) is 12.5. The molecule has 3 rings (SSSR count). The van der Waals surface area contributed by atoms with Crippen LogP contribution in [0.3, 0.4) is 0 Å². The van der Waals surface area contributed by atoms with E-state index < -0.39 is 15.6 Å². The third-order valence-electron chi connectivity index (χ3n) is 3.63. The Morgan fingerprint density at radius 3 is 2.42 bits per heavy atom. The van der Waals surface area contributed by atoms with Crippen molar-refractivity contribution < 1.29 is 8.42 Å². The van der Waals surface area contributed by atoms with Crippen LogP contribution in [0, 0.1) is 17.2 Å². The van der Waals surface area contributed by atoms with Crippen molar-refractivity contribution in [3.05, 3.63) is 50.9 Å². The highest BCUT2D eigenvalue weighted by Gasteiger charge is 2.36. The molecule has 1 aromatic heterocycles. The second-order valence-corrected chi connectivity index (χ2v) is 7.89. The lowest BCUT2D eigenvalue weighted by Gasteiger charge is -2.33. The fraction of sp³-hybridized carbons (Fsp3) is 0.214. The summed E-state index contributed by atoms with van der Waals surface area (Å²) < 4.78 is 27.0. The standard InChI is InChI=1S/C14H10Cl2N4O3S/c15-12-6-18-20(14(21)13(12)16)10-1-3-11(4-2-10)24(22,23)19-7-9(5-17)8-19/h1-4,6,9H,7-8H2. The minimum absolute atomic E-state index is 0.0435. The Labute approximate surface area is 147 Å². The molecule has 0 aliphatic carbocycles. The second kappa shape index (κ2) is 6.18. The number of hydrogen-bond donors (Lipinski definition) is 0. The summed E-state index contributed by atoms with van der Waals surface area (Å²) in [5.74, 6) is -0.266. The Morgan fingerprint density at radius 1 is 1.21 bits per heavy atom. The van der Waals surface area contributed by atoms with Gasteiger partial charge in [0.25, 0.3) is 5.56 Å². The van der Waals surface area contributed by atoms with E-state index in [9.17, 15) is 13.2 Å². The van der Waals surface area contributed by atoms with Gasteiger partial charge in [-0.05, 0) is 24.3 Å². The van der Waals surface area contributed by atoms with Gasteiger partial charge in [-0.1, -0.05) is 23.2 Å². The number of nitrogens with zero attached hydrogens (tertiary/aromatic N) is 4. The monoisotopic (exact) mass is 384 g/mol. The molecular formula is C14H10Cl2N4O3S. The quantitative estimate of drug-likeness (QED) is 0.801. The van der Waals surface area contributed by atoms with E-state index in [1.807, 2.05) is 6.07 Å². The maximum Gasteiger partial charge on any atom is 0.291 e. The van der Waals surface area contributed by atoms with Crippen LogP contribution >= 0.6 is 23.2 Å². The molecule has 1 aromatic carbocycles. The van der Waals surface area contributed by atoms with Gasteiger partial charge in [0.15, 0.2) is 0 Å². The first-order valence-electron chi connectivity index (χ1n) is 6.78. The summed E-state index contributed by atoms with van der Waals surface area (Å²) in [4.78, 5) is 12.1. The predicted molar refractivity (Wildman–Crippen MR) is 87.7 cm³/mol. The number of hydrogen-bond acceptors (Lipinski definition) is 5. The van der Waals surface area contributed by atoms with E-state index in [1.165, 1.54) is 34.8 Å². The fourth-order valence-corrected chi connectivity index (χ4v) is 4.00. The van der Waals surface area contributed by atoms with Gasteiger partial charge in [0.2, 0.25) is 10.0 Å². The van der Waals surface area contributed by atoms with Crippen LogP contribution < -0.4 is 5.56 Å². The van der Waals surface area contributed by atoms with E-state index in [0.29, 0.717) is 5.69 Å². The summed E-state index contributed by atoms with van der Waals surface area (Å²) in [6.45, 7) is 0.378. The number of sulfonamides is 1. The lowest BCUT2D eigenvalue weighted by Crippen LogP contribution is -2.49. The van der Waals surface area contributed by atoms with E-state index in [4.69, 9.17) is 28.5 Å². The topological polar surface area (TPSA) is 96.1 Å². The van der Waals surface area contributed by atoms with Crippen LogP contribution in [0.1, 0.15) is 0 Å². The van der Waals surface area contributed by atoms with Crippen molar-refractivity contribution in [2.45, 2.75) is 4.90 Å². The van der Waals surface area contributed by atoms with Crippen molar-refractivity contribution in [3.8, 4) is 11.8 Å². The van der Waals surface area contributed by atoms with Gasteiger partial charge in [-0.25, -0.2) is 8.42 Å². The van der Waals surface area contributed by atoms with Gasteiger partial charge in [0.1, 0.15) is 5.02 Å². The number of rotatable bonds is 3. The zero-order valence-corrected chi connectivity index (χ0v) is 14.4. The minimum Gasteiger partial charge on any atom is -0.266 e. The van der Waals surface area contributed by atoms with Crippen molar-refractivity contribution in [1.29, 1.82) is 5.26 Å². The van der Waals surface area contributed by atoms with Crippen LogP contribution in [-0.4, -0.2) is 35.6 Å². The highest BCUT2D eigenvalue weighted by Crippen LogP contribution is 2.25. The van der Waals surface area contributed by atoms with E-state index in [0.717, 1.165) is 4.68 Å². The number of nitriles is 1.